The lowest BCUT2D eigenvalue weighted by Gasteiger charge is -2.19. The van der Waals surface area contributed by atoms with Crippen molar-refractivity contribution in [1.82, 2.24) is 4.31 Å². The van der Waals surface area contributed by atoms with Crippen molar-refractivity contribution in [1.29, 1.82) is 0 Å². The largest absolute Gasteiger partial charge is 0.396 e. The molecule has 1 aromatic rings. The first-order valence-electron chi connectivity index (χ1n) is 6.92. The van der Waals surface area contributed by atoms with Crippen LogP contribution in [0.3, 0.4) is 0 Å². The minimum absolute atomic E-state index is 0.158. The fourth-order valence-corrected chi connectivity index (χ4v) is 4.71. The van der Waals surface area contributed by atoms with Crippen LogP contribution in [0, 0.1) is 0 Å². The average Bonchev–Trinajstić information content (AvgIpc) is 2.75. The lowest BCUT2D eigenvalue weighted by atomic mass is 10.1. The maximum Gasteiger partial charge on any atom is 0.243 e. The van der Waals surface area contributed by atoms with Gasteiger partial charge >= 0.3 is 0 Å². The standard InChI is InChI=1S/C14H21NO3S2/c16-10-1-3-13-4-6-14(7-5-13)20(17,18)15-8-2-11-19-12-9-15/h4-7,16H,1-3,8-12H2. The number of thioether (sulfide) groups is 1. The Bertz CT molecular complexity index is 506. The van der Waals surface area contributed by atoms with Gasteiger partial charge in [-0.05, 0) is 42.7 Å². The summed E-state index contributed by atoms with van der Waals surface area (Å²) in [7, 11) is -3.35. The lowest BCUT2D eigenvalue weighted by Crippen LogP contribution is -2.32. The summed E-state index contributed by atoms with van der Waals surface area (Å²) in [4.78, 5) is 0.372. The summed E-state index contributed by atoms with van der Waals surface area (Å²) in [5.74, 6) is 1.90. The van der Waals surface area contributed by atoms with Gasteiger partial charge in [-0.2, -0.15) is 16.1 Å². The molecule has 4 nitrogen and oxygen atoms in total. The molecule has 1 aliphatic heterocycles. The van der Waals surface area contributed by atoms with E-state index in [0.717, 1.165) is 29.9 Å². The van der Waals surface area contributed by atoms with Crippen molar-refractivity contribution in [2.24, 2.45) is 0 Å². The Morgan fingerprint density at radius 2 is 1.90 bits per heavy atom. The van der Waals surface area contributed by atoms with Crippen LogP contribution in [0.2, 0.25) is 0 Å². The summed E-state index contributed by atoms with van der Waals surface area (Å²) in [5.41, 5.74) is 1.06. The summed E-state index contributed by atoms with van der Waals surface area (Å²) < 4.78 is 26.7. The molecule has 0 aromatic heterocycles. The third-order valence-electron chi connectivity index (χ3n) is 3.37. The first kappa shape index (κ1) is 15.8. The van der Waals surface area contributed by atoms with E-state index in [9.17, 15) is 8.42 Å². The first-order chi connectivity index (χ1) is 9.64. The number of aliphatic hydroxyl groups excluding tert-OH is 1. The molecule has 6 heteroatoms. The monoisotopic (exact) mass is 315 g/mol. The third kappa shape index (κ3) is 3.97. The average molecular weight is 315 g/mol. The Hall–Kier alpha value is -0.560. The molecule has 1 aliphatic rings. The van der Waals surface area contributed by atoms with Crippen LogP contribution in [0.15, 0.2) is 29.2 Å². The van der Waals surface area contributed by atoms with Crippen molar-refractivity contribution in [2.45, 2.75) is 24.2 Å². The molecule has 112 valence electrons. The van der Waals surface area contributed by atoms with Crippen LogP contribution in [0.1, 0.15) is 18.4 Å². The number of nitrogens with zero attached hydrogens (tertiary/aromatic N) is 1. The molecule has 0 saturated carbocycles. The highest BCUT2D eigenvalue weighted by Crippen LogP contribution is 2.20. The number of hydrogen-bond acceptors (Lipinski definition) is 4. The highest BCUT2D eigenvalue weighted by molar-refractivity contribution is 7.99. The van der Waals surface area contributed by atoms with Gasteiger partial charge in [0.15, 0.2) is 0 Å². The first-order valence-corrected chi connectivity index (χ1v) is 9.52. The van der Waals surface area contributed by atoms with Crippen LogP contribution in [-0.4, -0.2) is 49.0 Å². The second kappa shape index (κ2) is 7.45. The Balaban J connectivity index is 2.12. The van der Waals surface area contributed by atoms with Gasteiger partial charge in [-0.25, -0.2) is 8.42 Å². The molecule has 1 heterocycles. The second-order valence-electron chi connectivity index (χ2n) is 4.84. The fraction of sp³-hybridized carbons (Fsp3) is 0.571. The highest BCUT2D eigenvalue weighted by atomic mass is 32.2. The molecule has 0 radical (unpaired) electrons. The highest BCUT2D eigenvalue weighted by Gasteiger charge is 2.24. The van der Waals surface area contributed by atoms with Gasteiger partial charge in [-0.3, -0.25) is 0 Å². The SMILES string of the molecule is O=S(=O)(c1ccc(CCCO)cc1)N1CCCSCC1. The zero-order chi connectivity index (χ0) is 14.4. The molecule has 0 unspecified atom stereocenters. The minimum atomic E-state index is -3.35. The van der Waals surface area contributed by atoms with E-state index in [2.05, 4.69) is 0 Å². The fourth-order valence-electron chi connectivity index (χ4n) is 2.22. The van der Waals surface area contributed by atoms with Gasteiger partial charge in [-0.1, -0.05) is 12.1 Å². The molecule has 20 heavy (non-hydrogen) atoms. The van der Waals surface area contributed by atoms with Crippen LogP contribution < -0.4 is 0 Å². The number of aryl methyl sites for hydroxylation is 1. The van der Waals surface area contributed by atoms with Crippen LogP contribution in [0.4, 0.5) is 0 Å². The number of hydrogen-bond donors (Lipinski definition) is 1. The summed E-state index contributed by atoms with van der Waals surface area (Å²) in [6.45, 7) is 1.37. The molecule has 0 amide bonds. The normalized spacial score (nSPS) is 17.9. The Labute approximate surface area is 125 Å². The van der Waals surface area contributed by atoms with Crippen molar-refractivity contribution in [3.63, 3.8) is 0 Å². The summed E-state index contributed by atoms with van der Waals surface area (Å²) >= 11 is 1.81. The number of rotatable bonds is 5. The Kier molecular flexibility index (Phi) is 5.89. The lowest BCUT2D eigenvalue weighted by molar-refractivity contribution is 0.288. The van der Waals surface area contributed by atoms with E-state index >= 15 is 0 Å². The van der Waals surface area contributed by atoms with E-state index in [1.165, 1.54) is 0 Å². The topological polar surface area (TPSA) is 57.6 Å². The predicted octanol–water partition coefficient (Wildman–Crippen LogP) is 1.74. The zero-order valence-electron chi connectivity index (χ0n) is 11.5. The van der Waals surface area contributed by atoms with E-state index < -0.39 is 10.0 Å². The van der Waals surface area contributed by atoms with Gasteiger partial charge in [0.05, 0.1) is 4.90 Å². The predicted molar refractivity (Wildman–Crippen MR) is 82.5 cm³/mol. The van der Waals surface area contributed by atoms with Gasteiger partial charge in [0.1, 0.15) is 0 Å². The van der Waals surface area contributed by atoms with Gasteiger partial charge in [0.2, 0.25) is 10.0 Å². The van der Waals surface area contributed by atoms with Crippen LogP contribution in [-0.2, 0) is 16.4 Å². The molecule has 1 saturated heterocycles. The van der Waals surface area contributed by atoms with Crippen LogP contribution in [0.25, 0.3) is 0 Å². The third-order valence-corrected chi connectivity index (χ3v) is 6.33. The van der Waals surface area contributed by atoms with Gasteiger partial charge < -0.3 is 5.11 Å². The van der Waals surface area contributed by atoms with Gasteiger partial charge in [0.25, 0.3) is 0 Å². The minimum Gasteiger partial charge on any atom is -0.396 e. The van der Waals surface area contributed by atoms with Crippen molar-refractivity contribution in [2.75, 3.05) is 31.2 Å². The molecular weight excluding hydrogens is 294 g/mol. The molecule has 1 N–H and O–H groups in total. The molecule has 0 spiro atoms. The van der Waals surface area contributed by atoms with Crippen LogP contribution in [0.5, 0.6) is 0 Å². The van der Waals surface area contributed by atoms with Crippen molar-refractivity contribution >= 4 is 21.8 Å². The molecule has 0 bridgehead atoms. The summed E-state index contributed by atoms with van der Waals surface area (Å²) in [6, 6.07) is 7.05. The summed E-state index contributed by atoms with van der Waals surface area (Å²) in [6.07, 6.45) is 2.39. The van der Waals surface area contributed by atoms with Crippen LogP contribution >= 0.6 is 11.8 Å². The van der Waals surface area contributed by atoms with E-state index in [4.69, 9.17) is 5.11 Å². The molecule has 1 aromatic carbocycles. The quantitative estimate of drug-likeness (QED) is 0.899. The van der Waals surface area contributed by atoms with Crippen molar-refractivity contribution < 1.29 is 13.5 Å². The molecule has 0 atom stereocenters. The molecule has 0 aliphatic carbocycles. The van der Waals surface area contributed by atoms with Gasteiger partial charge in [0, 0.05) is 25.4 Å². The van der Waals surface area contributed by atoms with E-state index in [1.54, 1.807) is 16.4 Å². The Morgan fingerprint density at radius 1 is 1.15 bits per heavy atom. The van der Waals surface area contributed by atoms with Crippen molar-refractivity contribution in [3.8, 4) is 0 Å². The number of benzene rings is 1. The van der Waals surface area contributed by atoms with E-state index in [-0.39, 0.29) is 6.61 Å². The molecular formula is C14H21NO3S2. The Morgan fingerprint density at radius 3 is 2.60 bits per heavy atom. The van der Waals surface area contributed by atoms with Crippen molar-refractivity contribution in [3.05, 3.63) is 29.8 Å². The molecule has 2 rings (SSSR count). The number of sulfonamides is 1. The smallest absolute Gasteiger partial charge is 0.243 e. The zero-order valence-corrected chi connectivity index (χ0v) is 13.1. The van der Waals surface area contributed by atoms with E-state index in [0.29, 0.717) is 24.4 Å². The van der Waals surface area contributed by atoms with Gasteiger partial charge in [-0.15, -0.1) is 0 Å². The maximum absolute atomic E-state index is 12.5. The second-order valence-corrected chi connectivity index (χ2v) is 8.00. The summed E-state index contributed by atoms with van der Waals surface area (Å²) in [5, 5.41) is 8.80. The van der Waals surface area contributed by atoms with E-state index in [1.807, 2.05) is 23.9 Å². The molecule has 1 fully saturated rings. The maximum atomic E-state index is 12.5. The number of aliphatic hydroxyl groups is 1.